The normalized spacial score (nSPS) is 12.0. The van der Waals surface area contributed by atoms with Gasteiger partial charge in [-0.15, -0.1) is 11.3 Å². The zero-order valence-electron chi connectivity index (χ0n) is 11.5. The number of rotatable bonds is 5. The quantitative estimate of drug-likeness (QED) is 0.785. The van der Waals surface area contributed by atoms with Crippen LogP contribution in [0.25, 0.3) is 11.0 Å². The van der Waals surface area contributed by atoms with Crippen LogP contribution in [0.4, 0.5) is 0 Å². The Kier molecular flexibility index (Phi) is 3.79. The first-order valence-electron chi connectivity index (χ1n) is 6.59. The van der Waals surface area contributed by atoms with Crippen molar-refractivity contribution in [2.24, 2.45) is 0 Å². The summed E-state index contributed by atoms with van der Waals surface area (Å²) in [7, 11) is -3.46. The van der Waals surface area contributed by atoms with Crippen LogP contribution in [0, 0.1) is 0 Å². The van der Waals surface area contributed by atoms with Crippen LogP contribution in [0.2, 0.25) is 0 Å². The average Bonchev–Trinajstić information content (AvgIpc) is 3.12. The summed E-state index contributed by atoms with van der Waals surface area (Å²) >= 11 is 1.20. The molecule has 0 unspecified atom stereocenters. The van der Waals surface area contributed by atoms with E-state index in [2.05, 4.69) is 9.71 Å². The van der Waals surface area contributed by atoms with Gasteiger partial charge in [0.1, 0.15) is 10.0 Å². The van der Waals surface area contributed by atoms with Gasteiger partial charge < -0.3 is 4.57 Å². The summed E-state index contributed by atoms with van der Waals surface area (Å²) in [4.78, 5) is 4.51. The molecule has 2 heterocycles. The lowest BCUT2D eigenvalue weighted by Crippen LogP contribution is -2.24. The van der Waals surface area contributed by atoms with E-state index in [0.717, 1.165) is 23.4 Å². The van der Waals surface area contributed by atoms with E-state index in [4.69, 9.17) is 0 Å². The highest BCUT2D eigenvalue weighted by molar-refractivity contribution is 7.91. The van der Waals surface area contributed by atoms with Crippen molar-refractivity contribution in [3.8, 4) is 0 Å². The maximum absolute atomic E-state index is 12.1. The van der Waals surface area contributed by atoms with Crippen molar-refractivity contribution in [1.29, 1.82) is 0 Å². The van der Waals surface area contributed by atoms with Crippen LogP contribution in [0.5, 0.6) is 0 Å². The molecule has 0 atom stereocenters. The third-order valence-electron chi connectivity index (χ3n) is 3.23. The molecule has 0 aliphatic rings. The van der Waals surface area contributed by atoms with Crippen molar-refractivity contribution in [2.75, 3.05) is 0 Å². The van der Waals surface area contributed by atoms with Crippen molar-refractivity contribution in [2.45, 2.75) is 24.2 Å². The highest BCUT2D eigenvalue weighted by Crippen LogP contribution is 2.18. The van der Waals surface area contributed by atoms with E-state index in [-0.39, 0.29) is 6.54 Å². The first kappa shape index (κ1) is 14.2. The maximum Gasteiger partial charge on any atom is 0.250 e. The molecule has 0 bridgehead atoms. The summed E-state index contributed by atoms with van der Waals surface area (Å²) in [5.41, 5.74) is 1.90. The second-order valence-electron chi connectivity index (χ2n) is 4.52. The number of hydrogen-bond donors (Lipinski definition) is 1. The molecule has 5 nitrogen and oxygen atoms in total. The van der Waals surface area contributed by atoms with Crippen molar-refractivity contribution in [3.63, 3.8) is 0 Å². The molecule has 0 saturated heterocycles. The Morgan fingerprint density at radius 2 is 2.05 bits per heavy atom. The lowest BCUT2D eigenvalue weighted by molar-refractivity contribution is 0.578. The van der Waals surface area contributed by atoms with Gasteiger partial charge in [-0.1, -0.05) is 18.2 Å². The molecule has 0 fully saturated rings. The smallest absolute Gasteiger partial charge is 0.250 e. The molecular weight excluding hydrogens is 306 g/mol. The number of aryl methyl sites for hydroxylation is 1. The van der Waals surface area contributed by atoms with Crippen LogP contribution >= 0.6 is 11.3 Å². The Morgan fingerprint density at radius 1 is 1.24 bits per heavy atom. The largest absolute Gasteiger partial charge is 0.327 e. The van der Waals surface area contributed by atoms with Crippen LogP contribution < -0.4 is 4.72 Å². The summed E-state index contributed by atoms with van der Waals surface area (Å²) in [5.74, 6) is 0.721. The summed E-state index contributed by atoms with van der Waals surface area (Å²) < 4.78 is 29.2. The summed E-state index contributed by atoms with van der Waals surface area (Å²) in [6.07, 6.45) is 0. The number of aromatic nitrogens is 2. The van der Waals surface area contributed by atoms with Crippen molar-refractivity contribution < 1.29 is 8.42 Å². The second kappa shape index (κ2) is 5.59. The molecule has 0 aliphatic carbocycles. The van der Waals surface area contributed by atoms with Gasteiger partial charge in [0.15, 0.2) is 0 Å². The van der Waals surface area contributed by atoms with Crippen LogP contribution in [-0.4, -0.2) is 18.0 Å². The van der Waals surface area contributed by atoms with Crippen LogP contribution in [0.15, 0.2) is 46.0 Å². The maximum atomic E-state index is 12.1. The van der Waals surface area contributed by atoms with E-state index < -0.39 is 10.0 Å². The van der Waals surface area contributed by atoms with Gasteiger partial charge in [0.2, 0.25) is 10.0 Å². The molecule has 0 aliphatic heterocycles. The highest BCUT2D eigenvalue weighted by atomic mass is 32.2. The third-order valence-corrected chi connectivity index (χ3v) is 6.03. The molecule has 110 valence electrons. The predicted octanol–water partition coefficient (Wildman–Crippen LogP) is 2.60. The van der Waals surface area contributed by atoms with E-state index in [1.165, 1.54) is 11.3 Å². The Labute approximate surface area is 127 Å². The minimum atomic E-state index is -3.46. The minimum Gasteiger partial charge on any atom is -0.327 e. The second-order valence-corrected chi connectivity index (χ2v) is 7.46. The van der Waals surface area contributed by atoms with Crippen molar-refractivity contribution in [3.05, 3.63) is 47.6 Å². The fourth-order valence-electron chi connectivity index (χ4n) is 2.26. The topological polar surface area (TPSA) is 64.0 Å². The zero-order chi connectivity index (χ0) is 14.9. The van der Waals surface area contributed by atoms with E-state index >= 15 is 0 Å². The number of thiophene rings is 1. The molecule has 1 aromatic carbocycles. The first-order chi connectivity index (χ1) is 10.1. The van der Waals surface area contributed by atoms with E-state index in [9.17, 15) is 8.42 Å². The van der Waals surface area contributed by atoms with Gasteiger partial charge in [0.05, 0.1) is 17.6 Å². The van der Waals surface area contributed by atoms with Gasteiger partial charge in [-0.2, -0.15) is 0 Å². The van der Waals surface area contributed by atoms with Gasteiger partial charge in [-0.05, 0) is 30.5 Å². The van der Waals surface area contributed by atoms with E-state index in [1.54, 1.807) is 17.5 Å². The van der Waals surface area contributed by atoms with Gasteiger partial charge in [-0.3, -0.25) is 0 Å². The first-order valence-corrected chi connectivity index (χ1v) is 8.95. The van der Waals surface area contributed by atoms with Crippen molar-refractivity contribution in [1.82, 2.24) is 14.3 Å². The molecule has 2 aromatic heterocycles. The number of sulfonamides is 1. The number of benzene rings is 1. The lowest BCUT2D eigenvalue weighted by Gasteiger charge is -2.07. The summed E-state index contributed by atoms with van der Waals surface area (Å²) in [6, 6.07) is 11.1. The van der Waals surface area contributed by atoms with E-state index in [1.807, 2.05) is 35.8 Å². The Hall–Kier alpha value is -1.70. The molecule has 7 heteroatoms. The number of nitrogens with one attached hydrogen (secondary N) is 1. The van der Waals surface area contributed by atoms with Gasteiger partial charge in [0.25, 0.3) is 0 Å². The predicted molar refractivity (Wildman–Crippen MR) is 83.8 cm³/mol. The molecule has 3 aromatic rings. The lowest BCUT2D eigenvalue weighted by atomic mass is 10.3. The van der Waals surface area contributed by atoms with Gasteiger partial charge >= 0.3 is 0 Å². The fourth-order valence-corrected chi connectivity index (χ4v) is 4.28. The molecule has 1 N–H and O–H groups in total. The summed E-state index contributed by atoms with van der Waals surface area (Å²) in [5, 5.41) is 1.75. The number of imidazole rings is 1. The third kappa shape index (κ3) is 2.72. The number of hydrogen-bond acceptors (Lipinski definition) is 4. The SMILES string of the molecule is CCn1c(CNS(=O)(=O)c2cccs2)nc2ccccc21. The Bertz CT molecular complexity index is 852. The number of nitrogens with zero attached hydrogens (tertiary/aromatic N) is 2. The molecule has 0 saturated carbocycles. The highest BCUT2D eigenvalue weighted by Gasteiger charge is 2.17. The molecule has 21 heavy (non-hydrogen) atoms. The standard InChI is InChI=1S/C14H15N3O2S2/c1-2-17-12-7-4-3-6-11(12)16-13(17)10-15-21(18,19)14-8-5-9-20-14/h3-9,15H,2,10H2,1H3. The van der Waals surface area contributed by atoms with Crippen molar-refractivity contribution >= 4 is 32.4 Å². The Morgan fingerprint density at radius 3 is 2.76 bits per heavy atom. The monoisotopic (exact) mass is 321 g/mol. The van der Waals surface area contributed by atoms with E-state index in [0.29, 0.717) is 4.21 Å². The Balaban J connectivity index is 1.89. The molecular formula is C14H15N3O2S2. The minimum absolute atomic E-state index is 0.183. The molecule has 3 rings (SSSR count). The molecule has 0 spiro atoms. The molecule has 0 amide bonds. The van der Waals surface area contributed by atoms with Gasteiger partial charge in [-0.25, -0.2) is 18.1 Å². The van der Waals surface area contributed by atoms with Crippen LogP contribution in [0.1, 0.15) is 12.7 Å². The van der Waals surface area contributed by atoms with Gasteiger partial charge in [0, 0.05) is 6.54 Å². The zero-order valence-corrected chi connectivity index (χ0v) is 13.1. The number of fused-ring (bicyclic) bond motifs is 1. The molecule has 0 radical (unpaired) electrons. The fraction of sp³-hybridized carbons (Fsp3) is 0.214. The average molecular weight is 321 g/mol. The summed E-state index contributed by atoms with van der Waals surface area (Å²) in [6.45, 7) is 2.95. The van der Waals surface area contributed by atoms with Crippen LogP contribution in [-0.2, 0) is 23.1 Å². The van der Waals surface area contributed by atoms with Crippen LogP contribution in [0.3, 0.4) is 0 Å². The number of para-hydroxylation sites is 2.